The van der Waals surface area contributed by atoms with Gasteiger partial charge in [-0.2, -0.15) is 0 Å². The molecule has 0 saturated carbocycles. The van der Waals surface area contributed by atoms with E-state index >= 15 is 0 Å². The molecule has 1 aromatic heterocycles. The molecule has 1 heterocycles. The van der Waals surface area contributed by atoms with Crippen LogP contribution in [-0.2, 0) is 9.59 Å². The maximum Gasteiger partial charge on any atom is 0.262 e. The summed E-state index contributed by atoms with van der Waals surface area (Å²) in [4.78, 5) is 27.6. The van der Waals surface area contributed by atoms with Crippen LogP contribution in [0.4, 0.5) is 5.69 Å². The third-order valence-corrected chi connectivity index (χ3v) is 5.47. The molecule has 2 aromatic carbocycles. The van der Waals surface area contributed by atoms with Gasteiger partial charge in [0, 0.05) is 5.69 Å². The van der Waals surface area contributed by atoms with Gasteiger partial charge >= 0.3 is 0 Å². The highest BCUT2D eigenvalue weighted by molar-refractivity contribution is 8.01. The maximum absolute atomic E-state index is 12.0. The number of para-hydroxylation sites is 1. The summed E-state index contributed by atoms with van der Waals surface area (Å²) in [6, 6.07) is 14.7. The predicted molar refractivity (Wildman–Crippen MR) is 102 cm³/mol. The fourth-order valence-corrected chi connectivity index (χ4v) is 3.98. The summed E-state index contributed by atoms with van der Waals surface area (Å²) in [5, 5.41) is 2.82. The van der Waals surface area contributed by atoms with E-state index in [9.17, 15) is 9.59 Å². The number of hydrogen-bond donors (Lipinski definition) is 1. The second kappa shape index (κ2) is 8.13. The van der Waals surface area contributed by atoms with Gasteiger partial charge in [0.1, 0.15) is 11.5 Å². The van der Waals surface area contributed by atoms with Crippen molar-refractivity contribution in [2.24, 2.45) is 0 Å². The summed E-state index contributed by atoms with van der Waals surface area (Å²) in [6.07, 6.45) is 0. The first kappa shape index (κ1) is 17.4. The monoisotopic (exact) mass is 372 g/mol. The van der Waals surface area contributed by atoms with Crippen LogP contribution in [0.5, 0.6) is 5.75 Å². The molecule has 3 rings (SSSR count). The van der Waals surface area contributed by atoms with Crippen molar-refractivity contribution < 1.29 is 14.3 Å². The molecule has 7 heteroatoms. The molecule has 0 unspecified atom stereocenters. The zero-order chi connectivity index (χ0) is 17.6. The molecule has 25 heavy (non-hydrogen) atoms. The number of nitrogens with zero attached hydrogens (tertiary/aromatic N) is 1. The Bertz CT molecular complexity index is 894. The number of thioether (sulfide) groups is 1. The Morgan fingerprint density at radius 3 is 2.76 bits per heavy atom. The first-order valence-corrected chi connectivity index (χ1v) is 9.41. The Morgan fingerprint density at radius 2 is 2.00 bits per heavy atom. The molecule has 0 atom stereocenters. The van der Waals surface area contributed by atoms with Crippen LogP contribution in [0.15, 0.2) is 52.9 Å². The summed E-state index contributed by atoms with van der Waals surface area (Å²) in [5.41, 5.74) is 1.55. The number of benzene rings is 2. The van der Waals surface area contributed by atoms with Crippen LogP contribution >= 0.6 is 23.1 Å². The lowest BCUT2D eigenvalue weighted by atomic mass is 10.3. The fourth-order valence-electron chi connectivity index (χ4n) is 2.07. The smallest absolute Gasteiger partial charge is 0.262 e. The molecule has 1 N–H and O–H groups in total. The minimum atomic E-state index is -0.223. The molecular formula is C18H16N2O3S2. The Morgan fingerprint density at radius 1 is 1.20 bits per heavy atom. The quantitative estimate of drug-likeness (QED) is 0.635. The van der Waals surface area contributed by atoms with Crippen molar-refractivity contribution >= 4 is 50.7 Å². The van der Waals surface area contributed by atoms with E-state index in [4.69, 9.17) is 4.74 Å². The number of nitrogens with one attached hydrogen (secondary N) is 1. The van der Waals surface area contributed by atoms with Crippen molar-refractivity contribution in [3.63, 3.8) is 0 Å². The number of carbonyl (C=O) groups is 2. The molecule has 128 valence electrons. The number of rotatable bonds is 7. The van der Waals surface area contributed by atoms with Gasteiger partial charge in [-0.15, -0.1) is 11.3 Å². The molecule has 0 aliphatic heterocycles. The van der Waals surface area contributed by atoms with Crippen LogP contribution in [-0.4, -0.2) is 29.0 Å². The number of aromatic nitrogens is 1. The van der Waals surface area contributed by atoms with E-state index in [1.807, 2.05) is 36.4 Å². The molecule has 0 aliphatic rings. The predicted octanol–water partition coefficient (Wildman–Crippen LogP) is 3.99. The van der Waals surface area contributed by atoms with Gasteiger partial charge in [-0.3, -0.25) is 9.59 Å². The molecule has 0 aliphatic carbocycles. The number of carbonyl (C=O) groups excluding carboxylic acids is 2. The molecule has 0 radical (unpaired) electrons. The highest BCUT2D eigenvalue weighted by atomic mass is 32.2. The molecule has 3 aromatic rings. The van der Waals surface area contributed by atoms with Crippen LogP contribution in [0.1, 0.15) is 6.92 Å². The third kappa shape index (κ3) is 5.04. The first-order chi connectivity index (χ1) is 12.1. The van der Waals surface area contributed by atoms with E-state index in [1.165, 1.54) is 23.1 Å². The summed E-state index contributed by atoms with van der Waals surface area (Å²) < 4.78 is 7.24. The highest BCUT2D eigenvalue weighted by Gasteiger charge is 2.08. The van der Waals surface area contributed by atoms with Crippen molar-refractivity contribution in [1.29, 1.82) is 0 Å². The lowest BCUT2D eigenvalue weighted by Crippen LogP contribution is -2.20. The number of thiazole rings is 1. The fraction of sp³-hybridized carbons (Fsp3) is 0.167. The number of Topliss-reactive ketones (excluding diaryl/α,β-unsaturated/α-hetero) is 1. The van der Waals surface area contributed by atoms with Crippen molar-refractivity contribution in [3.05, 3.63) is 48.5 Å². The Labute approximate surface area is 153 Å². The topological polar surface area (TPSA) is 68.3 Å². The largest absolute Gasteiger partial charge is 0.484 e. The Hall–Kier alpha value is -2.38. The zero-order valence-electron chi connectivity index (χ0n) is 13.5. The van der Waals surface area contributed by atoms with E-state index in [1.54, 1.807) is 19.1 Å². The van der Waals surface area contributed by atoms with Gasteiger partial charge in [0.2, 0.25) is 0 Å². The molecule has 0 saturated heterocycles. The van der Waals surface area contributed by atoms with Gasteiger partial charge < -0.3 is 10.1 Å². The second-order valence-electron chi connectivity index (χ2n) is 5.30. The van der Waals surface area contributed by atoms with E-state index < -0.39 is 0 Å². The van der Waals surface area contributed by atoms with E-state index in [-0.39, 0.29) is 18.3 Å². The van der Waals surface area contributed by atoms with Crippen LogP contribution in [0.2, 0.25) is 0 Å². The van der Waals surface area contributed by atoms with Crippen LogP contribution in [0.3, 0.4) is 0 Å². The third-order valence-electron chi connectivity index (χ3n) is 3.16. The van der Waals surface area contributed by atoms with E-state index in [0.717, 1.165) is 14.6 Å². The average molecular weight is 372 g/mol. The Balaban J connectivity index is 1.61. The van der Waals surface area contributed by atoms with Crippen LogP contribution in [0.25, 0.3) is 10.2 Å². The number of ether oxygens (including phenoxy) is 1. The van der Waals surface area contributed by atoms with Gasteiger partial charge in [-0.05, 0) is 37.3 Å². The molecule has 0 spiro atoms. The highest BCUT2D eigenvalue weighted by Crippen LogP contribution is 2.31. The normalized spacial score (nSPS) is 10.6. The standard InChI is InChI=1S/C18H16N2O3S2/c1-12(21)11-24-18-20-15-8-7-13(9-16(15)25-18)19-17(22)10-23-14-5-3-2-4-6-14/h2-9H,10-11H2,1H3,(H,19,22). The summed E-state index contributed by atoms with van der Waals surface area (Å²) in [7, 11) is 0. The summed E-state index contributed by atoms with van der Waals surface area (Å²) >= 11 is 2.94. The van der Waals surface area contributed by atoms with Crippen LogP contribution < -0.4 is 10.1 Å². The second-order valence-corrected chi connectivity index (χ2v) is 7.56. The lowest BCUT2D eigenvalue weighted by molar-refractivity contribution is -0.118. The molecule has 0 bridgehead atoms. The Kier molecular flexibility index (Phi) is 5.67. The van der Waals surface area contributed by atoms with Crippen molar-refractivity contribution in [2.45, 2.75) is 11.3 Å². The van der Waals surface area contributed by atoms with E-state index in [2.05, 4.69) is 10.3 Å². The minimum Gasteiger partial charge on any atom is -0.484 e. The minimum absolute atomic E-state index is 0.0511. The molecule has 1 amide bonds. The summed E-state index contributed by atoms with van der Waals surface area (Å²) in [6.45, 7) is 1.51. The maximum atomic E-state index is 12.0. The number of fused-ring (bicyclic) bond motifs is 1. The number of amides is 1. The average Bonchev–Trinajstić information content (AvgIpc) is 3.01. The van der Waals surface area contributed by atoms with Gasteiger partial charge in [-0.25, -0.2) is 4.98 Å². The van der Waals surface area contributed by atoms with Crippen molar-refractivity contribution in [3.8, 4) is 5.75 Å². The SMILES string of the molecule is CC(=O)CSc1nc2ccc(NC(=O)COc3ccccc3)cc2s1. The van der Waals surface area contributed by atoms with Crippen molar-refractivity contribution in [1.82, 2.24) is 4.98 Å². The number of ketones is 1. The summed E-state index contributed by atoms with van der Waals surface area (Å²) in [5.74, 6) is 0.970. The molecular weight excluding hydrogens is 356 g/mol. The van der Waals surface area contributed by atoms with Gasteiger partial charge in [0.25, 0.3) is 5.91 Å². The number of anilines is 1. The molecule has 0 fully saturated rings. The van der Waals surface area contributed by atoms with Gasteiger partial charge in [0.15, 0.2) is 10.9 Å². The first-order valence-electron chi connectivity index (χ1n) is 7.61. The molecule has 5 nitrogen and oxygen atoms in total. The van der Waals surface area contributed by atoms with Crippen LogP contribution in [0, 0.1) is 0 Å². The van der Waals surface area contributed by atoms with E-state index in [0.29, 0.717) is 17.2 Å². The zero-order valence-corrected chi connectivity index (χ0v) is 15.2. The van der Waals surface area contributed by atoms with Crippen molar-refractivity contribution in [2.75, 3.05) is 17.7 Å². The number of hydrogen-bond acceptors (Lipinski definition) is 6. The van der Waals surface area contributed by atoms with Gasteiger partial charge in [-0.1, -0.05) is 30.0 Å². The lowest BCUT2D eigenvalue weighted by Gasteiger charge is -2.07. The van der Waals surface area contributed by atoms with Gasteiger partial charge in [0.05, 0.1) is 16.0 Å².